The number of carbonyl (C=O) groups is 1. The Morgan fingerprint density at radius 1 is 1.00 bits per heavy atom. The van der Waals surface area contributed by atoms with E-state index in [0.29, 0.717) is 27.1 Å². The Morgan fingerprint density at radius 3 is 2.39 bits per heavy atom. The molecule has 0 aromatic heterocycles. The Labute approximate surface area is 120 Å². The molecule has 0 aliphatic rings. The second kappa shape index (κ2) is 5.65. The third-order valence-corrected chi connectivity index (χ3v) is 3.30. The van der Waals surface area contributed by atoms with Crippen LogP contribution in [-0.4, -0.2) is 5.12 Å². The molecule has 2 rings (SSSR count). The lowest BCUT2D eigenvalue weighted by molar-refractivity contribution is 0.108. The highest BCUT2D eigenvalue weighted by Gasteiger charge is 2.12. The molecule has 18 heavy (non-hydrogen) atoms. The molecule has 0 heterocycles. The molecule has 0 aliphatic heterocycles. The van der Waals surface area contributed by atoms with E-state index in [4.69, 9.17) is 27.9 Å². The van der Waals surface area contributed by atoms with E-state index in [9.17, 15) is 4.79 Å². The van der Waals surface area contributed by atoms with E-state index in [1.54, 1.807) is 42.5 Å². The molecule has 0 radical (unpaired) electrons. The van der Waals surface area contributed by atoms with Gasteiger partial charge in [-0.15, -0.1) is 12.6 Å². The molecule has 0 saturated heterocycles. The first-order valence-corrected chi connectivity index (χ1v) is 6.24. The van der Waals surface area contributed by atoms with Gasteiger partial charge in [0.1, 0.15) is 16.5 Å². The van der Waals surface area contributed by atoms with Gasteiger partial charge in [-0.2, -0.15) is 0 Å². The third-order valence-electron chi connectivity index (χ3n) is 2.25. The van der Waals surface area contributed by atoms with E-state index in [-0.39, 0.29) is 5.12 Å². The Hall–Kier alpha value is -1.16. The van der Waals surface area contributed by atoms with Gasteiger partial charge in [-0.05, 0) is 24.3 Å². The van der Waals surface area contributed by atoms with Crippen molar-refractivity contribution in [2.75, 3.05) is 0 Å². The standard InChI is InChI=1S/C13H8Cl2O2S/c14-9-5-3-7-11(12(9)15)17-10-6-2-1-4-8(10)13(16)18/h1-7H,(H,16,18). The molecule has 0 saturated carbocycles. The molecule has 0 fully saturated rings. The van der Waals surface area contributed by atoms with Crippen LogP contribution in [0.25, 0.3) is 0 Å². The van der Waals surface area contributed by atoms with Crippen LogP contribution in [0.15, 0.2) is 42.5 Å². The topological polar surface area (TPSA) is 26.3 Å². The zero-order valence-electron chi connectivity index (χ0n) is 9.06. The highest BCUT2D eigenvalue weighted by Crippen LogP contribution is 2.35. The molecular weight excluding hydrogens is 291 g/mol. The van der Waals surface area contributed by atoms with Crippen LogP contribution in [0.2, 0.25) is 10.0 Å². The maximum absolute atomic E-state index is 11.3. The van der Waals surface area contributed by atoms with Crippen molar-refractivity contribution in [1.29, 1.82) is 0 Å². The van der Waals surface area contributed by atoms with E-state index in [1.165, 1.54) is 0 Å². The number of para-hydroxylation sites is 1. The molecule has 2 aromatic rings. The highest BCUT2D eigenvalue weighted by molar-refractivity contribution is 7.97. The van der Waals surface area contributed by atoms with Gasteiger partial charge in [-0.3, -0.25) is 4.79 Å². The van der Waals surface area contributed by atoms with Gasteiger partial charge in [-0.1, -0.05) is 41.4 Å². The number of halogens is 2. The van der Waals surface area contributed by atoms with Crippen LogP contribution >= 0.6 is 35.8 Å². The zero-order valence-corrected chi connectivity index (χ0v) is 11.5. The SMILES string of the molecule is O=C(S)c1ccccc1Oc1cccc(Cl)c1Cl. The fraction of sp³-hybridized carbons (Fsp3) is 0. The minimum absolute atomic E-state index is 0.306. The van der Waals surface area contributed by atoms with Crippen molar-refractivity contribution in [3.8, 4) is 11.5 Å². The summed E-state index contributed by atoms with van der Waals surface area (Å²) >= 11 is 15.7. The number of hydrogen-bond acceptors (Lipinski definition) is 2. The van der Waals surface area contributed by atoms with Crippen LogP contribution < -0.4 is 4.74 Å². The first-order valence-electron chi connectivity index (χ1n) is 5.04. The molecule has 92 valence electrons. The summed E-state index contributed by atoms with van der Waals surface area (Å²) in [6.45, 7) is 0. The van der Waals surface area contributed by atoms with Gasteiger partial charge >= 0.3 is 0 Å². The number of thiol groups is 1. The predicted octanol–water partition coefficient (Wildman–Crippen LogP) is 4.86. The minimum Gasteiger partial charge on any atom is -0.455 e. The molecule has 2 aromatic carbocycles. The molecule has 5 heteroatoms. The summed E-state index contributed by atoms with van der Waals surface area (Å²) in [5.74, 6) is 0.785. The summed E-state index contributed by atoms with van der Waals surface area (Å²) in [5, 5.41) is 0.327. The van der Waals surface area contributed by atoms with Crippen molar-refractivity contribution < 1.29 is 9.53 Å². The van der Waals surface area contributed by atoms with Gasteiger partial charge in [-0.25, -0.2) is 0 Å². The summed E-state index contributed by atoms with van der Waals surface area (Å²) in [7, 11) is 0. The molecule has 0 amide bonds. The van der Waals surface area contributed by atoms with E-state index in [0.717, 1.165) is 0 Å². The third kappa shape index (κ3) is 2.80. The van der Waals surface area contributed by atoms with Gasteiger partial charge in [0.15, 0.2) is 0 Å². The average Bonchev–Trinajstić information content (AvgIpc) is 2.35. The van der Waals surface area contributed by atoms with Crippen molar-refractivity contribution in [3.63, 3.8) is 0 Å². The molecule has 0 bridgehead atoms. The number of rotatable bonds is 3. The Bertz CT molecular complexity index is 599. The number of ether oxygens (including phenoxy) is 1. The Morgan fingerprint density at radius 2 is 1.67 bits per heavy atom. The maximum atomic E-state index is 11.3. The minimum atomic E-state index is -0.372. The van der Waals surface area contributed by atoms with Crippen LogP contribution in [-0.2, 0) is 0 Å². The predicted molar refractivity (Wildman–Crippen MR) is 76.3 cm³/mol. The fourth-order valence-electron chi connectivity index (χ4n) is 1.41. The monoisotopic (exact) mass is 298 g/mol. The Kier molecular flexibility index (Phi) is 4.17. The molecule has 0 aliphatic carbocycles. The lowest BCUT2D eigenvalue weighted by Crippen LogP contribution is -1.95. The quantitative estimate of drug-likeness (QED) is 0.819. The van der Waals surface area contributed by atoms with Gasteiger partial charge in [0.25, 0.3) is 0 Å². The summed E-state index contributed by atoms with van der Waals surface area (Å²) in [4.78, 5) is 11.3. The molecule has 0 unspecified atom stereocenters. The molecule has 0 spiro atoms. The number of carbonyl (C=O) groups excluding carboxylic acids is 1. The van der Waals surface area contributed by atoms with E-state index < -0.39 is 0 Å². The first kappa shape index (κ1) is 13.3. The molecular formula is C13H8Cl2O2S. The van der Waals surface area contributed by atoms with Crippen molar-refractivity contribution in [1.82, 2.24) is 0 Å². The summed E-state index contributed by atoms with van der Waals surface area (Å²) in [6, 6.07) is 11.8. The lowest BCUT2D eigenvalue weighted by atomic mass is 10.2. The van der Waals surface area contributed by atoms with Crippen LogP contribution in [0.3, 0.4) is 0 Å². The van der Waals surface area contributed by atoms with E-state index in [2.05, 4.69) is 12.6 Å². The zero-order chi connectivity index (χ0) is 13.1. The van der Waals surface area contributed by atoms with Crippen LogP contribution in [0.4, 0.5) is 0 Å². The van der Waals surface area contributed by atoms with Crippen molar-refractivity contribution in [2.45, 2.75) is 0 Å². The van der Waals surface area contributed by atoms with Crippen LogP contribution in [0.5, 0.6) is 11.5 Å². The summed E-state index contributed by atoms with van der Waals surface area (Å²) in [6.07, 6.45) is 0. The largest absolute Gasteiger partial charge is 0.455 e. The smallest absolute Gasteiger partial charge is 0.220 e. The second-order valence-corrected chi connectivity index (χ2v) is 4.65. The average molecular weight is 299 g/mol. The number of benzene rings is 2. The van der Waals surface area contributed by atoms with E-state index in [1.807, 2.05) is 0 Å². The van der Waals surface area contributed by atoms with Gasteiger partial charge in [0.05, 0.1) is 10.6 Å². The highest BCUT2D eigenvalue weighted by atomic mass is 35.5. The Balaban J connectivity index is 2.40. The molecule has 0 N–H and O–H groups in total. The summed E-state index contributed by atoms with van der Waals surface area (Å²) < 4.78 is 5.60. The summed E-state index contributed by atoms with van der Waals surface area (Å²) in [5.41, 5.74) is 0.372. The maximum Gasteiger partial charge on any atom is 0.220 e. The van der Waals surface area contributed by atoms with Gasteiger partial charge in [0, 0.05) is 0 Å². The first-order chi connectivity index (χ1) is 8.59. The van der Waals surface area contributed by atoms with Crippen molar-refractivity contribution in [3.05, 3.63) is 58.1 Å². The second-order valence-electron chi connectivity index (χ2n) is 3.46. The normalized spacial score (nSPS) is 10.2. The van der Waals surface area contributed by atoms with Gasteiger partial charge < -0.3 is 4.74 Å². The van der Waals surface area contributed by atoms with Crippen LogP contribution in [0, 0.1) is 0 Å². The van der Waals surface area contributed by atoms with E-state index >= 15 is 0 Å². The van der Waals surface area contributed by atoms with Crippen molar-refractivity contribution >= 4 is 40.9 Å². The van der Waals surface area contributed by atoms with Crippen LogP contribution in [0.1, 0.15) is 10.4 Å². The number of hydrogen-bond donors (Lipinski definition) is 1. The lowest BCUT2D eigenvalue weighted by Gasteiger charge is -2.10. The fourth-order valence-corrected chi connectivity index (χ4v) is 1.93. The molecule has 0 atom stereocenters. The molecule has 2 nitrogen and oxygen atoms in total. The van der Waals surface area contributed by atoms with Gasteiger partial charge in [0.2, 0.25) is 5.12 Å². The van der Waals surface area contributed by atoms with Crippen molar-refractivity contribution in [2.24, 2.45) is 0 Å².